The number of methoxy groups -OCH3 is 1. The maximum absolute atomic E-state index is 12.0. The van der Waals surface area contributed by atoms with E-state index in [-0.39, 0.29) is 5.75 Å². The number of rotatable bonds is 4. The Kier molecular flexibility index (Phi) is 4.57. The van der Waals surface area contributed by atoms with E-state index in [1.54, 1.807) is 25.3 Å². The largest absolute Gasteiger partial charge is 0.493 e. The number of halogens is 1. The van der Waals surface area contributed by atoms with Gasteiger partial charge in [-0.05, 0) is 37.3 Å². The molecule has 28 heavy (non-hydrogen) atoms. The number of hydrogen-bond acceptors (Lipinski definition) is 6. The molecule has 0 aliphatic carbocycles. The fraction of sp³-hybridized carbons (Fsp3) is 0.143. The summed E-state index contributed by atoms with van der Waals surface area (Å²) in [6.45, 7) is 1.52. The van der Waals surface area contributed by atoms with Gasteiger partial charge in [-0.15, -0.1) is 11.6 Å². The van der Waals surface area contributed by atoms with Gasteiger partial charge in [0.2, 0.25) is 0 Å². The van der Waals surface area contributed by atoms with Crippen molar-refractivity contribution in [3.63, 3.8) is 0 Å². The topological polar surface area (TPSA) is 78.9 Å². The van der Waals surface area contributed by atoms with Crippen molar-refractivity contribution in [3.05, 3.63) is 59.0 Å². The number of para-hydroxylation sites is 1. The van der Waals surface area contributed by atoms with Gasteiger partial charge < -0.3 is 18.3 Å². The number of carbonyl (C=O) groups excluding carboxylic acids is 1. The van der Waals surface area contributed by atoms with Crippen LogP contribution >= 0.6 is 11.6 Å². The molecule has 2 aromatic heterocycles. The van der Waals surface area contributed by atoms with E-state index in [2.05, 4.69) is 0 Å². The van der Waals surface area contributed by atoms with E-state index in [4.69, 9.17) is 29.9 Å². The Morgan fingerprint density at radius 3 is 2.68 bits per heavy atom. The predicted molar refractivity (Wildman–Crippen MR) is 105 cm³/mol. The van der Waals surface area contributed by atoms with E-state index < -0.39 is 17.0 Å². The summed E-state index contributed by atoms with van der Waals surface area (Å²) in [6.07, 6.45) is 0. The molecule has 0 amide bonds. The van der Waals surface area contributed by atoms with Crippen molar-refractivity contribution in [1.82, 2.24) is 0 Å². The number of esters is 1. The molecular formula is C21H15ClO6. The van der Waals surface area contributed by atoms with Gasteiger partial charge in [-0.1, -0.05) is 12.1 Å². The highest BCUT2D eigenvalue weighted by atomic mass is 35.5. The molecule has 4 rings (SSSR count). The molecule has 0 saturated carbocycles. The lowest BCUT2D eigenvalue weighted by molar-refractivity contribution is -0.133. The fourth-order valence-corrected chi connectivity index (χ4v) is 2.98. The highest BCUT2D eigenvalue weighted by molar-refractivity contribution is 6.29. The molecule has 0 aliphatic heterocycles. The van der Waals surface area contributed by atoms with Crippen LogP contribution in [0.15, 0.2) is 62.2 Å². The third-order valence-electron chi connectivity index (χ3n) is 4.25. The number of carbonyl (C=O) groups is 1. The number of hydrogen-bond donors (Lipinski definition) is 0. The molecule has 1 unspecified atom stereocenters. The van der Waals surface area contributed by atoms with Crippen molar-refractivity contribution in [2.24, 2.45) is 0 Å². The SMILES string of the molecule is COc1cccc2cc(-c3cc(=O)oc4ccc(OC(=O)C(C)Cl)cc34)oc12. The summed E-state index contributed by atoms with van der Waals surface area (Å²) in [6, 6.07) is 13.4. The van der Waals surface area contributed by atoms with Gasteiger partial charge in [0.15, 0.2) is 11.3 Å². The van der Waals surface area contributed by atoms with Crippen LogP contribution in [0.3, 0.4) is 0 Å². The normalized spacial score (nSPS) is 12.2. The van der Waals surface area contributed by atoms with Crippen LogP contribution in [-0.2, 0) is 4.79 Å². The second-order valence-corrected chi connectivity index (χ2v) is 6.82. The first-order valence-electron chi connectivity index (χ1n) is 8.47. The van der Waals surface area contributed by atoms with Crippen molar-refractivity contribution >= 4 is 39.5 Å². The smallest absolute Gasteiger partial charge is 0.336 e. The number of alkyl halides is 1. The van der Waals surface area contributed by atoms with E-state index >= 15 is 0 Å². The Bertz CT molecular complexity index is 1250. The summed E-state index contributed by atoms with van der Waals surface area (Å²) >= 11 is 5.76. The molecule has 2 heterocycles. The van der Waals surface area contributed by atoms with Gasteiger partial charge in [0.1, 0.15) is 22.5 Å². The summed E-state index contributed by atoms with van der Waals surface area (Å²) in [7, 11) is 1.56. The van der Waals surface area contributed by atoms with E-state index in [1.165, 1.54) is 19.1 Å². The molecule has 0 aliphatic rings. The molecule has 4 aromatic rings. The summed E-state index contributed by atoms with van der Waals surface area (Å²) in [5.41, 5.74) is 0.906. The molecule has 142 valence electrons. The minimum atomic E-state index is -0.785. The molecule has 6 nitrogen and oxygen atoms in total. The lowest BCUT2D eigenvalue weighted by Crippen LogP contribution is -2.17. The number of furan rings is 1. The molecule has 0 radical (unpaired) electrons. The van der Waals surface area contributed by atoms with Crippen molar-refractivity contribution < 1.29 is 23.1 Å². The zero-order chi connectivity index (χ0) is 19.8. The quantitative estimate of drug-likeness (QED) is 0.214. The molecule has 0 N–H and O–H groups in total. The highest BCUT2D eigenvalue weighted by Crippen LogP contribution is 2.36. The van der Waals surface area contributed by atoms with Gasteiger partial charge in [0.25, 0.3) is 0 Å². The van der Waals surface area contributed by atoms with Crippen molar-refractivity contribution in [2.45, 2.75) is 12.3 Å². The van der Waals surface area contributed by atoms with Crippen LogP contribution in [-0.4, -0.2) is 18.5 Å². The van der Waals surface area contributed by atoms with E-state index in [9.17, 15) is 9.59 Å². The summed E-state index contributed by atoms with van der Waals surface area (Å²) < 4.78 is 21.8. The van der Waals surface area contributed by atoms with E-state index in [1.807, 2.05) is 18.2 Å². The Balaban J connectivity index is 1.90. The molecular weight excluding hydrogens is 384 g/mol. The van der Waals surface area contributed by atoms with Gasteiger partial charge in [-0.3, -0.25) is 4.79 Å². The average molecular weight is 399 g/mol. The molecule has 0 saturated heterocycles. The number of fused-ring (bicyclic) bond motifs is 2. The minimum Gasteiger partial charge on any atom is -0.493 e. The lowest BCUT2D eigenvalue weighted by Gasteiger charge is -2.08. The van der Waals surface area contributed by atoms with Gasteiger partial charge >= 0.3 is 11.6 Å². The van der Waals surface area contributed by atoms with E-state index in [0.717, 1.165) is 5.39 Å². The predicted octanol–water partition coefficient (Wildman–Crippen LogP) is 4.75. The van der Waals surface area contributed by atoms with Gasteiger partial charge in [0, 0.05) is 22.4 Å². The Hall–Kier alpha value is -3.25. The molecule has 2 aromatic carbocycles. The Morgan fingerprint density at radius 2 is 1.93 bits per heavy atom. The van der Waals surface area contributed by atoms with Crippen LogP contribution < -0.4 is 15.1 Å². The molecule has 0 spiro atoms. The third-order valence-corrected chi connectivity index (χ3v) is 4.43. The molecule has 0 fully saturated rings. The maximum Gasteiger partial charge on any atom is 0.336 e. The van der Waals surface area contributed by atoms with Crippen LogP contribution in [0.2, 0.25) is 0 Å². The number of benzene rings is 2. The number of ether oxygens (including phenoxy) is 2. The van der Waals surface area contributed by atoms with Gasteiger partial charge in [-0.2, -0.15) is 0 Å². The second kappa shape index (κ2) is 7.05. The average Bonchev–Trinajstić information content (AvgIpc) is 3.11. The van der Waals surface area contributed by atoms with Crippen LogP contribution in [0, 0.1) is 0 Å². The summed E-state index contributed by atoms with van der Waals surface area (Å²) in [5, 5.41) is 0.603. The minimum absolute atomic E-state index is 0.286. The van der Waals surface area contributed by atoms with Crippen LogP contribution in [0.4, 0.5) is 0 Å². The standard InChI is InChI=1S/C21H15ClO6/c1-11(22)21(24)26-13-6-7-16-14(9-13)15(10-19(23)27-16)18-8-12-4-3-5-17(25-2)20(12)28-18/h3-11H,1-2H3. The van der Waals surface area contributed by atoms with Gasteiger partial charge in [0.05, 0.1) is 7.11 Å². The van der Waals surface area contributed by atoms with Crippen LogP contribution in [0.1, 0.15) is 6.92 Å². The van der Waals surface area contributed by atoms with E-state index in [0.29, 0.717) is 33.6 Å². The van der Waals surface area contributed by atoms with Crippen molar-refractivity contribution in [3.8, 4) is 22.8 Å². The molecule has 0 bridgehead atoms. The third kappa shape index (κ3) is 3.23. The summed E-state index contributed by atoms with van der Waals surface area (Å²) in [5.74, 6) is 0.760. The first-order valence-corrected chi connectivity index (χ1v) is 8.90. The molecule has 7 heteroatoms. The van der Waals surface area contributed by atoms with Crippen molar-refractivity contribution in [2.75, 3.05) is 7.11 Å². The maximum atomic E-state index is 12.0. The highest BCUT2D eigenvalue weighted by Gasteiger charge is 2.17. The summed E-state index contributed by atoms with van der Waals surface area (Å²) in [4.78, 5) is 23.8. The second-order valence-electron chi connectivity index (χ2n) is 6.16. The van der Waals surface area contributed by atoms with Crippen LogP contribution in [0.5, 0.6) is 11.5 Å². The zero-order valence-corrected chi connectivity index (χ0v) is 15.8. The molecule has 1 atom stereocenters. The van der Waals surface area contributed by atoms with Crippen molar-refractivity contribution in [1.29, 1.82) is 0 Å². The first-order chi connectivity index (χ1) is 13.5. The fourth-order valence-electron chi connectivity index (χ4n) is 2.94. The first kappa shape index (κ1) is 18.1. The Morgan fingerprint density at radius 1 is 1.11 bits per heavy atom. The lowest BCUT2D eigenvalue weighted by atomic mass is 10.1. The zero-order valence-electron chi connectivity index (χ0n) is 15.0. The van der Waals surface area contributed by atoms with Gasteiger partial charge in [-0.25, -0.2) is 4.79 Å². The Labute approximate surface area is 164 Å². The monoisotopic (exact) mass is 398 g/mol. The van der Waals surface area contributed by atoms with Crippen LogP contribution in [0.25, 0.3) is 33.3 Å².